The average molecular weight is 401 g/mol. The predicted molar refractivity (Wildman–Crippen MR) is 110 cm³/mol. The molecule has 158 valence electrons. The van der Waals surface area contributed by atoms with Crippen molar-refractivity contribution in [3.63, 3.8) is 0 Å². The monoisotopic (exact) mass is 400 g/mol. The predicted octanol–water partition coefficient (Wildman–Crippen LogP) is 4.49. The largest absolute Gasteiger partial charge is 0.462 e. The SMILES string of the molecule is CC(=O)Oc1ccc2c(c1C(C)C)CC[C@H]1C(C)(C)[C@@H](OC(C)=O)CC(=O)[C@]21C. The van der Waals surface area contributed by atoms with E-state index < -0.39 is 11.5 Å². The molecule has 1 aromatic carbocycles. The molecule has 3 rings (SSSR count). The van der Waals surface area contributed by atoms with E-state index >= 15 is 0 Å². The number of rotatable bonds is 3. The van der Waals surface area contributed by atoms with Gasteiger partial charge in [0.25, 0.3) is 0 Å². The Bertz CT molecular complexity index is 866. The molecule has 0 heterocycles. The van der Waals surface area contributed by atoms with Crippen molar-refractivity contribution in [1.29, 1.82) is 0 Å². The Hall–Kier alpha value is -2.17. The molecule has 3 atom stereocenters. The normalized spacial score (nSPS) is 27.8. The molecule has 0 saturated heterocycles. The van der Waals surface area contributed by atoms with E-state index in [-0.39, 0.29) is 41.4 Å². The second-order valence-corrected chi connectivity index (χ2v) is 9.59. The fourth-order valence-electron chi connectivity index (χ4n) is 5.76. The molecule has 5 heteroatoms. The first-order valence-corrected chi connectivity index (χ1v) is 10.5. The minimum absolute atomic E-state index is 0.0627. The zero-order chi connectivity index (χ0) is 21.7. The number of ether oxygens (including phenoxy) is 2. The lowest BCUT2D eigenvalue weighted by atomic mass is 9.48. The fourth-order valence-corrected chi connectivity index (χ4v) is 5.76. The van der Waals surface area contributed by atoms with Crippen LogP contribution in [0.1, 0.15) is 83.9 Å². The van der Waals surface area contributed by atoms with E-state index in [2.05, 4.69) is 27.7 Å². The molecular weight excluding hydrogens is 368 g/mol. The number of hydrogen-bond donors (Lipinski definition) is 0. The third kappa shape index (κ3) is 3.38. The van der Waals surface area contributed by atoms with E-state index in [4.69, 9.17) is 9.47 Å². The molecule has 29 heavy (non-hydrogen) atoms. The van der Waals surface area contributed by atoms with Gasteiger partial charge in [0.1, 0.15) is 17.6 Å². The highest BCUT2D eigenvalue weighted by atomic mass is 16.5. The summed E-state index contributed by atoms with van der Waals surface area (Å²) in [6.45, 7) is 13.2. The number of hydrogen-bond acceptors (Lipinski definition) is 5. The van der Waals surface area contributed by atoms with Crippen LogP contribution in [0.5, 0.6) is 5.75 Å². The number of ketones is 1. The number of Topliss-reactive ketones (excluding diaryl/α,β-unsaturated/α-hetero) is 1. The third-order valence-electron chi connectivity index (χ3n) is 7.07. The highest BCUT2D eigenvalue weighted by Gasteiger charge is 2.59. The lowest BCUT2D eigenvalue weighted by molar-refractivity contribution is -0.168. The topological polar surface area (TPSA) is 69.7 Å². The summed E-state index contributed by atoms with van der Waals surface area (Å²) in [5, 5.41) is 0. The van der Waals surface area contributed by atoms with Crippen LogP contribution < -0.4 is 4.74 Å². The highest BCUT2D eigenvalue weighted by Crippen LogP contribution is 2.57. The summed E-state index contributed by atoms with van der Waals surface area (Å²) in [5.41, 5.74) is 2.22. The van der Waals surface area contributed by atoms with Crippen LogP contribution in [0.25, 0.3) is 0 Å². The Kier molecular flexibility index (Phi) is 5.39. The van der Waals surface area contributed by atoms with Gasteiger partial charge in [0, 0.05) is 31.2 Å². The molecule has 0 aliphatic heterocycles. The summed E-state index contributed by atoms with van der Waals surface area (Å²) in [4.78, 5) is 36.7. The summed E-state index contributed by atoms with van der Waals surface area (Å²) in [7, 11) is 0. The molecule has 5 nitrogen and oxygen atoms in total. The van der Waals surface area contributed by atoms with Gasteiger partial charge in [-0.1, -0.05) is 33.8 Å². The second-order valence-electron chi connectivity index (χ2n) is 9.59. The minimum Gasteiger partial charge on any atom is -0.462 e. The number of carbonyl (C=O) groups excluding carboxylic acids is 3. The molecule has 0 radical (unpaired) electrons. The van der Waals surface area contributed by atoms with Crippen LogP contribution in [-0.4, -0.2) is 23.8 Å². The van der Waals surface area contributed by atoms with E-state index in [0.29, 0.717) is 5.75 Å². The van der Waals surface area contributed by atoms with Gasteiger partial charge in [-0.05, 0) is 48.8 Å². The molecule has 1 saturated carbocycles. The molecule has 1 aromatic rings. The van der Waals surface area contributed by atoms with E-state index in [1.807, 2.05) is 19.1 Å². The number of esters is 2. The minimum atomic E-state index is -0.647. The Labute approximate surface area is 173 Å². The summed E-state index contributed by atoms with van der Waals surface area (Å²) in [6, 6.07) is 3.80. The zero-order valence-corrected chi connectivity index (χ0v) is 18.5. The number of fused-ring (bicyclic) bond motifs is 3. The zero-order valence-electron chi connectivity index (χ0n) is 18.5. The van der Waals surface area contributed by atoms with Gasteiger partial charge >= 0.3 is 11.9 Å². The maximum absolute atomic E-state index is 13.5. The fraction of sp³-hybridized carbons (Fsp3) is 0.625. The molecule has 0 spiro atoms. The molecule has 0 amide bonds. The van der Waals surface area contributed by atoms with Crippen LogP contribution >= 0.6 is 0 Å². The van der Waals surface area contributed by atoms with E-state index in [9.17, 15) is 14.4 Å². The van der Waals surface area contributed by atoms with Crippen molar-refractivity contribution in [2.75, 3.05) is 0 Å². The Morgan fingerprint density at radius 2 is 1.76 bits per heavy atom. The molecule has 0 bridgehead atoms. The molecule has 0 aromatic heterocycles. The van der Waals surface area contributed by atoms with Crippen LogP contribution in [0.15, 0.2) is 12.1 Å². The molecule has 2 aliphatic rings. The first kappa shape index (κ1) is 21.5. The van der Waals surface area contributed by atoms with Gasteiger partial charge in [-0.25, -0.2) is 0 Å². The standard InChI is InChI=1S/C24H32O5/c1-13(2)22-16-8-11-19-23(5,6)21(29-15(4)26)12-20(27)24(19,7)17(16)9-10-18(22)28-14(3)25/h9-10,13,19,21H,8,11-12H2,1-7H3/t19-,21-,24+/m0/s1. The lowest BCUT2D eigenvalue weighted by Gasteiger charge is -2.55. The van der Waals surface area contributed by atoms with Gasteiger partial charge < -0.3 is 9.47 Å². The summed E-state index contributed by atoms with van der Waals surface area (Å²) >= 11 is 0. The van der Waals surface area contributed by atoms with Crippen LogP contribution in [0, 0.1) is 11.3 Å². The van der Waals surface area contributed by atoms with Gasteiger partial charge in [0.15, 0.2) is 0 Å². The first-order valence-electron chi connectivity index (χ1n) is 10.5. The van der Waals surface area contributed by atoms with E-state index in [0.717, 1.165) is 29.5 Å². The number of carbonyl (C=O) groups is 3. The van der Waals surface area contributed by atoms with Crippen molar-refractivity contribution in [3.05, 3.63) is 28.8 Å². The van der Waals surface area contributed by atoms with Crippen molar-refractivity contribution >= 4 is 17.7 Å². The molecule has 0 unspecified atom stereocenters. The van der Waals surface area contributed by atoms with Crippen LogP contribution in [0.4, 0.5) is 0 Å². The first-order chi connectivity index (χ1) is 13.4. The average Bonchev–Trinajstić information content (AvgIpc) is 2.58. The molecule has 2 aliphatic carbocycles. The molecule has 1 fully saturated rings. The van der Waals surface area contributed by atoms with Crippen molar-refractivity contribution in [1.82, 2.24) is 0 Å². The second kappa shape index (κ2) is 7.26. The van der Waals surface area contributed by atoms with Crippen molar-refractivity contribution in [3.8, 4) is 5.75 Å². The quantitative estimate of drug-likeness (QED) is 0.552. The molecular formula is C24H32O5. The lowest BCUT2D eigenvalue weighted by Crippen LogP contribution is -2.59. The van der Waals surface area contributed by atoms with Crippen LogP contribution in [-0.2, 0) is 31.0 Å². The van der Waals surface area contributed by atoms with Gasteiger partial charge in [-0.3, -0.25) is 14.4 Å². The number of benzene rings is 1. The maximum atomic E-state index is 13.5. The van der Waals surface area contributed by atoms with Gasteiger partial charge in [-0.15, -0.1) is 0 Å². The third-order valence-corrected chi connectivity index (χ3v) is 7.07. The van der Waals surface area contributed by atoms with Gasteiger partial charge in [0.2, 0.25) is 0 Å². The molecule has 0 N–H and O–H groups in total. The summed E-state index contributed by atoms with van der Waals surface area (Å²) < 4.78 is 11.1. The van der Waals surface area contributed by atoms with E-state index in [1.165, 1.54) is 13.8 Å². The smallest absolute Gasteiger partial charge is 0.308 e. The highest BCUT2D eigenvalue weighted by molar-refractivity contribution is 5.93. The van der Waals surface area contributed by atoms with Gasteiger partial charge in [0.05, 0.1) is 5.41 Å². The Balaban J connectivity index is 2.15. The van der Waals surface area contributed by atoms with E-state index in [1.54, 1.807) is 0 Å². The maximum Gasteiger partial charge on any atom is 0.308 e. The van der Waals surface area contributed by atoms with Crippen molar-refractivity contribution in [2.24, 2.45) is 11.3 Å². The van der Waals surface area contributed by atoms with Crippen molar-refractivity contribution in [2.45, 2.75) is 85.2 Å². The summed E-state index contributed by atoms with van der Waals surface area (Å²) in [5.74, 6) is 0.250. The summed E-state index contributed by atoms with van der Waals surface area (Å²) in [6.07, 6.45) is 1.45. The Morgan fingerprint density at radius 3 is 2.31 bits per heavy atom. The van der Waals surface area contributed by atoms with Crippen molar-refractivity contribution < 1.29 is 23.9 Å². The Morgan fingerprint density at radius 1 is 1.10 bits per heavy atom. The van der Waals surface area contributed by atoms with Crippen LogP contribution in [0.3, 0.4) is 0 Å². The van der Waals surface area contributed by atoms with Gasteiger partial charge in [-0.2, -0.15) is 0 Å². The van der Waals surface area contributed by atoms with Crippen LogP contribution in [0.2, 0.25) is 0 Å².